The molecule has 0 radical (unpaired) electrons. The fourth-order valence-electron chi connectivity index (χ4n) is 2.92. The maximum Gasteiger partial charge on any atom is 0.251 e. The number of likely N-dealkylation sites (N-methyl/N-ethyl adjacent to an activating group) is 1. The van der Waals surface area contributed by atoms with Crippen molar-refractivity contribution in [1.29, 1.82) is 0 Å². The van der Waals surface area contributed by atoms with E-state index in [0.717, 1.165) is 26.1 Å². The summed E-state index contributed by atoms with van der Waals surface area (Å²) in [6.07, 6.45) is 1.84. The van der Waals surface area contributed by atoms with E-state index in [9.17, 15) is 4.79 Å². The molecular weight excluding hydrogens is 284 g/mol. The molecule has 2 aliphatic heterocycles. The van der Waals surface area contributed by atoms with Gasteiger partial charge in [-0.2, -0.15) is 0 Å². The SMILES string of the molecule is CN(C)C1(CNC(=O)c2ccc3c(c2)OCO3)CCOCC1. The summed E-state index contributed by atoms with van der Waals surface area (Å²) in [5.41, 5.74) is 0.551. The van der Waals surface area contributed by atoms with Gasteiger partial charge in [-0.15, -0.1) is 0 Å². The van der Waals surface area contributed by atoms with Gasteiger partial charge >= 0.3 is 0 Å². The van der Waals surface area contributed by atoms with Gasteiger partial charge in [0.1, 0.15) is 0 Å². The smallest absolute Gasteiger partial charge is 0.251 e. The van der Waals surface area contributed by atoms with E-state index in [2.05, 4.69) is 24.3 Å². The lowest BCUT2D eigenvalue weighted by Gasteiger charge is -2.42. The number of carbonyl (C=O) groups excluding carboxylic acids is 1. The van der Waals surface area contributed by atoms with Crippen molar-refractivity contribution in [3.63, 3.8) is 0 Å². The standard InChI is InChI=1S/C16H22N2O4/c1-18(2)16(5-7-20-8-6-16)10-17-15(19)12-3-4-13-14(9-12)22-11-21-13/h3-4,9H,5-8,10-11H2,1-2H3,(H,17,19). The van der Waals surface area contributed by atoms with Crippen LogP contribution in [0.5, 0.6) is 11.5 Å². The molecule has 0 aliphatic carbocycles. The van der Waals surface area contributed by atoms with Gasteiger partial charge in [0.05, 0.1) is 0 Å². The lowest BCUT2D eigenvalue weighted by atomic mass is 9.88. The van der Waals surface area contributed by atoms with Crippen LogP contribution in [0.25, 0.3) is 0 Å². The Morgan fingerprint density at radius 2 is 1.95 bits per heavy atom. The number of amides is 1. The van der Waals surface area contributed by atoms with Gasteiger partial charge in [-0.3, -0.25) is 4.79 Å². The third-order valence-corrected chi connectivity index (χ3v) is 4.58. The first kappa shape index (κ1) is 15.1. The number of ether oxygens (including phenoxy) is 3. The Kier molecular flexibility index (Phi) is 4.22. The zero-order valence-electron chi connectivity index (χ0n) is 13.1. The third kappa shape index (κ3) is 2.89. The second-order valence-corrected chi connectivity index (χ2v) is 5.98. The van der Waals surface area contributed by atoms with Crippen LogP contribution in [-0.4, -0.2) is 57.0 Å². The summed E-state index contributed by atoms with van der Waals surface area (Å²) < 4.78 is 16.0. The molecule has 1 saturated heterocycles. The number of nitrogens with one attached hydrogen (secondary N) is 1. The molecule has 120 valence electrons. The van der Waals surface area contributed by atoms with Gasteiger partial charge in [-0.1, -0.05) is 0 Å². The predicted octanol–water partition coefficient (Wildman–Crippen LogP) is 1.26. The minimum atomic E-state index is -0.0917. The minimum absolute atomic E-state index is 0.0375. The van der Waals surface area contributed by atoms with Crippen molar-refractivity contribution in [2.24, 2.45) is 0 Å². The van der Waals surface area contributed by atoms with Crippen LogP contribution >= 0.6 is 0 Å². The molecule has 1 N–H and O–H groups in total. The van der Waals surface area contributed by atoms with Crippen LogP contribution in [0, 0.1) is 0 Å². The molecule has 0 unspecified atom stereocenters. The Hall–Kier alpha value is -1.79. The second-order valence-electron chi connectivity index (χ2n) is 5.98. The maximum atomic E-state index is 12.4. The second kappa shape index (κ2) is 6.14. The van der Waals surface area contributed by atoms with Crippen molar-refractivity contribution < 1.29 is 19.0 Å². The van der Waals surface area contributed by atoms with Gasteiger partial charge in [0.2, 0.25) is 6.79 Å². The van der Waals surface area contributed by atoms with E-state index in [4.69, 9.17) is 14.2 Å². The van der Waals surface area contributed by atoms with Crippen molar-refractivity contribution in [1.82, 2.24) is 10.2 Å². The summed E-state index contributed by atoms with van der Waals surface area (Å²) in [6, 6.07) is 5.26. The van der Waals surface area contributed by atoms with Crippen molar-refractivity contribution in [2.75, 3.05) is 40.6 Å². The largest absolute Gasteiger partial charge is 0.454 e. The van der Waals surface area contributed by atoms with Crippen LogP contribution in [0.1, 0.15) is 23.2 Å². The molecule has 1 fully saturated rings. The number of rotatable bonds is 4. The Labute approximate surface area is 130 Å². The van der Waals surface area contributed by atoms with Gasteiger partial charge in [-0.25, -0.2) is 0 Å². The van der Waals surface area contributed by atoms with Gasteiger partial charge in [-0.05, 0) is 45.1 Å². The topological polar surface area (TPSA) is 60.0 Å². The van der Waals surface area contributed by atoms with Crippen LogP contribution in [0.15, 0.2) is 18.2 Å². The number of hydrogen-bond donors (Lipinski definition) is 1. The fourth-order valence-corrected chi connectivity index (χ4v) is 2.92. The molecule has 0 atom stereocenters. The molecule has 3 rings (SSSR count). The quantitative estimate of drug-likeness (QED) is 0.907. The van der Waals surface area contributed by atoms with E-state index in [0.29, 0.717) is 23.6 Å². The Morgan fingerprint density at radius 3 is 2.68 bits per heavy atom. The average Bonchev–Trinajstić information content (AvgIpc) is 3.01. The molecule has 6 heteroatoms. The lowest BCUT2D eigenvalue weighted by molar-refractivity contribution is -0.00658. The molecule has 22 heavy (non-hydrogen) atoms. The van der Waals surface area contributed by atoms with Gasteiger partial charge < -0.3 is 24.4 Å². The summed E-state index contributed by atoms with van der Waals surface area (Å²) in [6.45, 7) is 2.29. The molecule has 0 saturated carbocycles. The van der Waals surface area contributed by atoms with Crippen molar-refractivity contribution in [3.8, 4) is 11.5 Å². The summed E-state index contributed by atoms with van der Waals surface area (Å²) in [4.78, 5) is 14.6. The number of nitrogens with zero attached hydrogens (tertiary/aromatic N) is 1. The fraction of sp³-hybridized carbons (Fsp3) is 0.562. The van der Waals surface area contributed by atoms with E-state index in [1.807, 2.05) is 0 Å². The van der Waals surface area contributed by atoms with Gasteiger partial charge in [0, 0.05) is 30.9 Å². The van der Waals surface area contributed by atoms with Crippen molar-refractivity contribution >= 4 is 5.91 Å². The number of hydrogen-bond acceptors (Lipinski definition) is 5. The summed E-state index contributed by atoms with van der Waals surface area (Å²) >= 11 is 0. The van der Waals surface area contributed by atoms with Gasteiger partial charge in [0.15, 0.2) is 11.5 Å². The van der Waals surface area contributed by atoms with Crippen LogP contribution in [-0.2, 0) is 4.74 Å². The highest BCUT2D eigenvalue weighted by Crippen LogP contribution is 2.32. The van der Waals surface area contributed by atoms with Crippen LogP contribution in [0.3, 0.4) is 0 Å². The molecular formula is C16H22N2O4. The number of carbonyl (C=O) groups is 1. The first-order chi connectivity index (χ1) is 10.6. The monoisotopic (exact) mass is 306 g/mol. The molecule has 2 heterocycles. The Morgan fingerprint density at radius 1 is 1.23 bits per heavy atom. The molecule has 1 aromatic rings. The normalized spacial score (nSPS) is 19.2. The summed E-state index contributed by atoms with van der Waals surface area (Å²) in [7, 11) is 4.11. The molecule has 2 aliphatic rings. The zero-order chi connectivity index (χ0) is 15.6. The zero-order valence-corrected chi connectivity index (χ0v) is 13.1. The Balaban J connectivity index is 1.66. The lowest BCUT2D eigenvalue weighted by Crippen LogP contribution is -2.55. The molecule has 0 bridgehead atoms. The first-order valence-corrected chi connectivity index (χ1v) is 7.54. The van der Waals surface area contributed by atoms with E-state index in [-0.39, 0.29) is 18.2 Å². The van der Waals surface area contributed by atoms with Crippen LogP contribution < -0.4 is 14.8 Å². The first-order valence-electron chi connectivity index (χ1n) is 7.54. The average molecular weight is 306 g/mol. The molecule has 0 aromatic heterocycles. The molecule has 6 nitrogen and oxygen atoms in total. The summed E-state index contributed by atoms with van der Waals surface area (Å²) in [5, 5.41) is 3.05. The minimum Gasteiger partial charge on any atom is -0.454 e. The van der Waals surface area contributed by atoms with Crippen molar-refractivity contribution in [2.45, 2.75) is 18.4 Å². The van der Waals surface area contributed by atoms with E-state index < -0.39 is 0 Å². The van der Waals surface area contributed by atoms with E-state index >= 15 is 0 Å². The third-order valence-electron chi connectivity index (χ3n) is 4.58. The number of fused-ring (bicyclic) bond motifs is 1. The maximum absolute atomic E-state index is 12.4. The molecule has 1 amide bonds. The van der Waals surface area contributed by atoms with Crippen LogP contribution in [0.4, 0.5) is 0 Å². The molecule has 1 aromatic carbocycles. The van der Waals surface area contributed by atoms with Crippen LogP contribution in [0.2, 0.25) is 0 Å². The Bertz CT molecular complexity index is 553. The highest BCUT2D eigenvalue weighted by molar-refractivity contribution is 5.95. The highest BCUT2D eigenvalue weighted by Gasteiger charge is 2.35. The highest BCUT2D eigenvalue weighted by atomic mass is 16.7. The summed E-state index contributed by atoms with van der Waals surface area (Å²) in [5.74, 6) is 1.22. The predicted molar refractivity (Wildman–Crippen MR) is 81.4 cm³/mol. The number of benzene rings is 1. The molecule has 0 spiro atoms. The van der Waals surface area contributed by atoms with E-state index in [1.54, 1.807) is 18.2 Å². The van der Waals surface area contributed by atoms with Crippen molar-refractivity contribution in [3.05, 3.63) is 23.8 Å². The van der Waals surface area contributed by atoms with E-state index in [1.165, 1.54) is 0 Å². The van der Waals surface area contributed by atoms with Gasteiger partial charge in [0.25, 0.3) is 5.91 Å².